The van der Waals surface area contributed by atoms with E-state index in [1.165, 1.54) is 30.8 Å². The van der Waals surface area contributed by atoms with Gasteiger partial charge in [0, 0.05) is 62.6 Å². The third-order valence-electron chi connectivity index (χ3n) is 4.43. The maximum Gasteiger partial charge on any atom is 0.180 e. The maximum atomic E-state index is 5.71. The van der Waals surface area contributed by atoms with Crippen LogP contribution in [0.2, 0.25) is 0 Å². The fourth-order valence-corrected chi connectivity index (χ4v) is 3.95. The summed E-state index contributed by atoms with van der Waals surface area (Å²) in [5, 5.41) is 0.675. The Kier molecular flexibility index (Phi) is 4.55. The van der Waals surface area contributed by atoms with E-state index < -0.39 is 0 Å². The van der Waals surface area contributed by atoms with Crippen molar-refractivity contribution in [1.29, 1.82) is 0 Å². The van der Waals surface area contributed by atoms with Gasteiger partial charge in [-0.05, 0) is 19.8 Å². The molecule has 2 aliphatic rings. The van der Waals surface area contributed by atoms with E-state index in [-0.39, 0.29) is 0 Å². The van der Waals surface area contributed by atoms with Gasteiger partial charge >= 0.3 is 0 Å². The number of aromatic nitrogens is 1. The highest BCUT2D eigenvalue weighted by molar-refractivity contribution is 7.15. The summed E-state index contributed by atoms with van der Waals surface area (Å²) in [6.07, 6.45) is 4.30. The first-order valence-electron chi connectivity index (χ1n) is 7.48. The summed E-state index contributed by atoms with van der Waals surface area (Å²) in [7, 11) is 0. The lowest BCUT2D eigenvalue weighted by atomic mass is 10.0. The fourth-order valence-electron chi connectivity index (χ4n) is 3.24. The van der Waals surface area contributed by atoms with E-state index in [1.807, 2.05) is 6.20 Å². The van der Waals surface area contributed by atoms with Crippen molar-refractivity contribution < 1.29 is 4.74 Å². The lowest BCUT2D eigenvalue weighted by molar-refractivity contribution is -0.00318. The van der Waals surface area contributed by atoms with Crippen LogP contribution in [-0.2, 0) is 11.3 Å². The topological polar surface area (TPSA) is 54.6 Å². The van der Waals surface area contributed by atoms with Crippen LogP contribution < -0.4 is 5.73 Å². The normalized spacial score (nSPS) is 26.9. The van der Waals surface area contributed by atoms with E-state index in [1.54, 1.807) is 11.3 Å². The molecule has 0 aliphatic carbocycles. The van der Waals surface area contributed by atoms with Crippen LogP contribution in [0, 0.1) is 0 Å². The molecule has 1 aromatic rings. The summed E-state index contributed by atoms with van der Waals surface area (Å²) in [4.78, 5) is 10.6. The van der Waals surface area contributed by atoms with Crippen molar-refractivity contribution in [3.63, 3.8) is 0 Å². The number of anilines is 1. The van der Waals surface area contributed by atoms with E-state index in [9.17, 15) is 0 Å². The molecule has 0 aromatic carbocycles. The van der Waals surface area contributed by atoms with Gasteiger partial charge in [-0.25, -0.2) is 4.98 Å². The van der Waals surface area contributed by atoms with Gasteiger partial charge in [-0.3, -0.25) is 9.80 Å². The van der Waals surface area contributed by atoms with Crippen molar-refractivity contribution in [1.82, 2.24) is 14.8 Å². The number of thiazole rings is 1. The zero-order chi connectivity index (χ0) is 13.9. The lowest BCUT2D eigenvalue weighted by Crippen LogP contribution is -2.55. The summed E-state index contributed by atoms with van der Waals surface area (Å²) >= 11 is 1.61. The molecule has 5 nitrogen and oxygen atoms in total. The number of rotatable bonds is 3. The minimum Gasteiger partial charge on any atom is -0.381 e. The third-order valence-corrected chi connectivity index (χ3v) is 5.25. The Balaban J connectivity index is 1.53. The molecule has 3 rings (SSSR count). The van der Waals surface area contributed by atoms with E-state index in [0.717, 1.165) is 32.3 Å². The molecule has 0 amide bonds. The first-order chi connectivity index (χ1) is 9.72. The molecule has 2 aliphatic heterocycles. The molecular formula is C14H24N4OS. The largest absolute Gasteiger partial charge is 0.381 e. The lowest BCUT2D eigenvalue weighted by Gasteiger charge is -2.44. The van der Waals surface area contributed by atoms with Crippen molar-refractivity contribution in [2.24, 2.45) is 0 Å². The Bertz CT molecular complexity index is 433. The average Bonchev–Trinajstić information content (AvgIpc) is 2.87. The highest BCUT2D eigenvalue weighted by atomic mass is 32.1. The summed E-state index contributed by atoms with van der Waals surface area (Å²) in [6.45, 7) is 8.64. The Morgan fingerprint density at radius 1 is 1.40 bits per heavy atom. The van der Waals surface area contributed by atoms with Crippen LogP contribution in [0.15, 0.2) is 6.20 Å². The number of ether oxygens (including phenoxy) is 1. The van der Waals surface area contributed by atoms with Crippen LogP contribution in [0.3, 0.4) is 0 Å². The average molecular weight is 296 g/mol. The monoisotopic (exact) mass is 296 g/mol. The van der Waals surface area contributed by atoms with Crippen LogP contribution >= 0.6 is 11.3 Å². The molecule has 0 saturated carbocycles. The minimum absolute atomic E-state index is 0.593. The standard InChI is InChI=1S/C14H24N4OS/c1-11-9-18(12-2-6-19-7-3-12)5-4-17(11)10-13-8-16-14(15)20-13/h8,11-12H,2-7,9-10H2,1H3,(H2,15,16)/t11-/m0/s1. The van der Waals surface area contributed by atoms with E-state index in [4.69, 9.17) is 10.5 Å². The predicted molar refractivity (Wildman–Crippen MR) is 81.8 cm³/mol. The molecule has 0 bridgehead atoms. The van der Waals surface area contributed by atoms with Crippen LogP contribution in [0.1, 0.15) is 24.6 Å². The number of piperazine rings is 1. The Labute approximate surface area is 124 Å². The molecular weight excluding hydrogens is 272 g/mol. The van der Waals surface area contributed by atoms with Crippen LogP contribution in [0.5, 0.6) is 0 Å². The van der Waals surface area contributed by atoms with E-state index >= 15 is 0 Å². The van der Waals surface area contributed by atoms with E-state index in [2.05, 4.69) is 21.7 Å². The van der Waals surface area contributed by atoms with Crippen LogP contribution in [0.4, 0.5) is 5.13 Å². The number of nitrogens with two attached hydrogens (primary N) is 1. The summed E-state index contributed by atoms with van der Waals surface area (Å²) in [6, 6.07) is 1.32. The first-order valence-corrected chi connectivity index (χ1v) is 8.30. The quantitative estimate of drug-likeness (QED) is 0.914. The number of hydrogen-bond acceptors (Lipinski definition) is 6. The van der Waals surface area contributed by atoms with Crippen LogP contribution in [0.25, 0.3) is 0 Å². The van der Waals surface area contributed by atoms with Crippen molar-refractivity contribution >= 4 is 16.5 Å². The van der Waals surface area contributed by atoms with Crippen molar-refractivity contribution in [3.05, 3.63) is 11.1 Å². The highest BCUT2D eigenvalue weighted by Gasteiger charge is 2.29. The molecule has 3 heterocycles. The second-order valence-corrected chi connectivity index (χ2v) is 6.97. The summed E-state index contributed by atoms with van der Waals surface area (Å²) in [5.74, 6) is 0. The molecule has 0 spiro atoms. The van der Waals surface area contributed by atoms with Crippen molar-refractivity contribution in [2.75, 3.05) is 38.6 Å². The van der Waals surface area contributed by atoms with Crippen LogP contribution in [-0.4, -0.2) is 59.7 Å². The molecule has 2 fully saturated rings. The van der Waals surface area contributed by atoms with Crippen molar-refractivity contribution in [3.8, 4) is 0 Å². The third kappa shape index (κ3) is 3.31. The zero-order valence-electron chi connectivity index (χ0n) is 12.1. The second-order valence-electron chi connectivity index (χ2n) is 5.82. The zero-order valence-corrected chi connectivity index (χ0v) is 12.9. The second kappa shape index (κ2) is 6.39. The van der Waals surface area contributed by atoms with Gasteiger partial charge in [0.05, 0.1) is 0 Å². The molecule has 1 atom stereocenters. The Morgan fingerprint density at radius 2 is 2.20 bits per heavy atom. The summed E-state index contributed by atoms with van der Waals surface area (Å²) in [5.41, 5.74) is 5.71. The number of nitrogen functional groups attached to an aromatic ring is 1. The molecule has 2 N–H and O–H groups in total. The molecule has 20 heavy (non-hydrogen) atoms. The van der Waals surface area contributed by atoms with Gasteiger partial charge in [0.2, 0.25) is 0 Å². The molecule has 1 aromatic heterocycles. The van der Waals surface area contributed by atoms with Gasteiger partial charge in [-0.2, -0.15) is 0 Å². The molecule has 0 unspecified atom stereocenters. The van der Waals surface area contributed by atoms with Gasteiger partial charge in [0.15, 0.2) is 5.13 Å². The maximum absolute atomic E-state index is 5.71. The van der Waals surface area contributed by atoms with Gasteiger partial charge in [-0.15, -0.1) is 11.3 Å². The van der Waals surface area contributed by atoms with Gasteiger partial charge in [0.25, 0.3) is 0 Å². The molecule has 2 saturated heterocycles. The minimum atomic E-state index is 0.593. The first kappa shape index (κ1) is 14.3. The number of hydrogen-bond donors (Lipinski definition) is 1. The fraction of sp³-hybridized carbons (Fsp3) is 0.786. The Hall–Kier alpha value is -0.690. The highest BCUT2D eigenvalue weighted by Crippen LogP contribution is 2.22. The smallest absolute Gasteiger partial charge is 0.180 e. The van der Waals surface area contributed by atoms with Gasteiger partial charge in [-0.1, -0.05) is 0 Å². The van der Waals surface area contributed by atoms with E-state index in [0.29, 0.717) is 11.2 Å². The molecule has 112 valence electrons. The van der Waals surface area contributed by atoms with Gasteiger partial charge in [0.1, 0.15) is 0 Å². The Morgan fingerprint density at radius 3 is 2.85 bits per heavy atom. The van der Waals surface area contributed by atoms with Crippen molar-refractivity contribution in [2.45, 2.75) is 38.4 Å². The molecule has 0 radical (unpaired) electrons. The number of nitrogens with zero attached hydrogens (tertiary/aromatic N) is 3. The summed E-state index contributed by atoms with van der Waals surface area (Å²) < 4.78 is 5.47. The predicted octanol–water partition coefficient (Wildman–Crippen LogP) is 1.41. The molecule has 6 heteroatoms. The van der Waals surface area contributed by atoms with Gasteiger partial charge < -0.3 is 10.5 Å². The SMILES string of the molecule is C[C@H]1CN(C2CCOCC2)CCN1Cc1cnc(N)s1.